The Hall–Kier alpha value is -1.42. The van der Waals surface area contributed by atoms with Gasteiger partial charge in [0.2, 0.25) is 0 Å². The molecule has 0 heterocycles. The first-order chi connectivity index (χ1) is 8.30. The number of hydrogen-bond acceptors (Lipinski definition) is 3. The van der Waals surface area contributed by atoms with Crippen molar-refractivity contribution < 1.29 is 19.0 Å². The van der Waals surface area contributed by atoms with E-state index in [2.05, 4.69) is 0 Å². The highest BCUT2D eigenvalue weighted by Gasteiger charge is 2.38. The molecule has 0 bridgehead atoms. The zero-order valence-corrected chi connectivity index (χ0v) is 11.2. The second-order valence-electron chi connectivity index (χ2n) is 4.85. The third-order valence-electron chi connectivity index (χ3n) is 3.02. The van der Waals surface area contributed by atoms with Crippen LogP contribution in [0.3, 0.4) is 0 Å². The third kappa shape index (κ3) is 2.88. The van der Waals surface area contributed by atoms with E-state index >= 15 is 0 Å². The summed E-state index contributed by atoms with van der Waals surface area (Å²) in [7, 11) is 0. The van der Waals surface area contributed by atoms with E-state index in [4.69, 9.17) is 4.74 Å². The largest absolute Gasteiger partial charge is 0.465 e. The lowest BCUT2D eigenvalue weighted by atomic mass is 9.81. The summed E-state index contributed by atoms with van der Waals surface area (Å²) in [5.41, 5.74) is 0.0310. The fraction of sp³-hybridized carbons (Fsp3) is 0.500. The third-order valence-corrected chi connectivity index (χ3v) is 3.02. The highest BCUT2D eigenvalue weighted by Crippen LogP contribution is 2.36. The molecule has 0 aliphatic heterocycles. The molecule has 1 N–H and O–H groups in total. The van der Waals surface area contributed by atoms with Crippen molar-refractivity contribution in [3.05, 3.63) is 35.1 Å². The molecule has 0 amide bonds. The normalized spacial score (nSPS) is 13.2. The molecule has 0 saturated heterocycles. The molecule has 1 aromatic rings. The summed E-state index contributed by atoms with van der Waals surface area (Å²) in [6, 6.07) is 4.15. The molecule has 100 valence electrons. The van der Waals surface area contributed by atoms with Gasteiger partial charge in [0, 0.05) is 0 Å². The number of benzene rings is 1. The van der Waals surface area contributed by atoms with Crippen LogP contribution in [0.15, 0.2) is 18.2 Å². The van der Waals surface area contributed by atoms with Gasteiger partial charge in [-0.25, -0.2) is 4.39 Å². The zero-order chi connectivity index (χ0) is 13.9. The standard InChI is InChI=1S/C14H19FO3/c1-5-18-13(17)14(3,4)12(16)11-8-10(15)7-6-9(11)2/h6-8,12,16H,5H2,1-4H3. The van der Waals surface area contributed by atoms with E-state index in [9.17, 15) is 14.3 Å². The molecule has 1 rings (SSSR count). The number of carbonyl (C=O) groups is 1. The second-order valence-corrected chi connectivity index (χ2v) is 4.85. The van der Waals surface area contributed by atoms with Crippen LogP contribution in [-0.4, -0.2) is 17.7 Å². The first-order valence-electron chi connectivity index (χ1n) is 5.92. The van der Waals surface area contributed by atoms with E-state index in [0.29, 0.717) is 5.56 Å². The number of halogens is 1. The van der Waals surface area contributed by atoms with Gasteiger partial charge in [-0.05, 0) is 51.0 Å². The highest BCUT2D eigenvalue weighted by atomic mass is 19.1. The quantitative estimate of drug-likeness (QED) is 0.840. The SMILES string of the molecule is CCOC(=O)C(C)(C)C(O)c1cc(F)ccc1C. The van der Waals surface area contributed by atoms with Crippen molar-refractivity contribution in [2.24, 2.45) is 5.41 Å². The minimum Gasteiger partial charge on any atom is -0.465 e. The number of rotatable bonds is 4. The van der Waals surface area contributed by atoms with Gasteiger partial charge >= 0.3 is 5.97 Å². The summed E-state index contributed by atoms with van der Waals surface area (Å²) in [6.07, 6.45) is -1.10. The molecule has 0 aromatic heterocycles. The Balaban J connectivity index is 3.08. The average Bonchev–Trinajstić information content (AvgIpc) is 2.31. The molecule has 1 unspecified atom stereocenters. The lowest BCUT2D eigenvalue weighted by molar-refractivity contribution is -0.160. The van der Waals surface area contributed by atoms with Gasteiger partial charge in [-0.1, -0.05) is 6.07 Å². The number of aryl methyl sites for hydroxylation is 1. The smallest absolute Gasteiger partial charge is 0.314 e. The van der Waals surface area contributed by atoms with Crippen LogP contribution in [0.5, 0.6) is 0 Å². The first-order valence-corrected chi connectivity index (χ1v) is 5.92. The van der Waals surface area contributed by atoms with Crippen molar-refractivity contribution in [3.63, 3.8) is 0 Å². The van der Waals surface area contributed by atoms with Crippen LogP contribution in [0, 0.1) is 18.2 Å². The Bertz CT molecular complexity index is 441. The number of hydrogen-bond donors (Lipinski definition) is 1. The average molecular weight is 254 g/mol. The van der Waals surface area contributed by atoms with E-state index in [1.165, 1.54) is 12.1 Å². The maximum atomic E-state index is 13.2. The van der Waals surface area contributed by atoms with E-state index in [1.54, 1.807) is 33.8 Å². The fourth-order valence-electron chi connectivity index (χ4n) is 1.72. The van der Waals surface area contributed by atoms with Crippen molar-refractivity contribution in [3.8, 4) is 0 Å². The maximum absolute atomic E-state index is 13.2. The van der Waals surface area contributed by atoms with Crippen LogP contribution in [-0.2, 0) is 9.53 Å². The molecule has 0 aliphatic rings. The van der Waals surface area contributed by atoms with Gasteiger partial charge in [-0.3, -0.25) is 4.79 Å². The van der Waals surface area contributed by atoms with Gasteiger partial charge in [0.25, 0.3) is 0 Å². The summed E-state index contributed by atoms with van der Waals surface area (Å²) < 4.78 is 18.1. The van der Waals surface area contributed by atoms with E-state index in [1.807, 2.05) is 0 Å². The summed E-state index contributed by atoms with van der Waals surface area (Å²) in [6.45, 7) is 6.88. The molecule has 0 radical (unpaired) electrons. The minimum absolute atomic E-state index is 0.247. The van der Waals surface area contributed by atoms with Gasteiger partial charge in [0.05, 0.1) is 18.1 Å². The monoisotopic (exact) mass is 254 g/mol. The summed E-state index contributed by atoms with van der Waals surface area (Å²) in [4.78, 5) is 11.8. The summed E-state index contributed by atoms with van der Waals surface area (Å²) in [5, 5.41) is 10.3. The van der Waals surface area contributed by atoms with Crippen LogP contribution in [0.25, 0.3) is 0 Å². The van der Waals surface area contributed by atoms with Crippen LogP contribution in [0.4, 0.5) is 4.39 Å². The number of esters is 1. The van der Waals surface area contributed by atoms with Crippen molar-refractivity contribution >= 4 is 5.97 Å². The predicted molar refractivity (Wildman–Crippen MR) is 66.5 cm³/mol. The number of aliphatic hydroxyl groups is 1. The zero-order valence-electron chi connectivity index (χ0n) is 11.2. The maximum Gasteiger partial charge on any atom is 0.314 e. The van der Waals surface area contributed by atoms with Gasteiger partial charge in [-0.15, -0.1) is 0 Å². The fourth-order valence-corrected chi connectivity index (χ4v) is 1.72. The molecule has 1 atom stereocenters. The Morgan fingerprint density at radius 2 is 2.11 bits per heavy atom. The topological polar surface area (TPSA) is 46.5 Å². The molecular formula is C14H19FO3. The van der Waals surface area contributed by atoms with Crippen LogP contribution < -0.4 is 0 Å². The Morgan fingerprint density at radius 1 is 1.50 bits per heavy atom. The van der Waals surface area contributed by atoms with Crippen molar-refractivity contribution in [2.45, 2.75) is 33.8 Å². The first kappa shape index (κ1) is 14.6. The van der Waals surface area contributed by atoms with Gasteiger partial charge < -0.3 is 9.84 Å². The molecule has 0 fully saturated rings. The lowest BCUT2D eigenvalue weighted by Crippen LogP contribution is -2.33. The van der Waals surface area contributed by atoms with Crippen molar-refractivity contribution in [1.82, 2.24) is 0 Å². The number of aliphatic hydroxyl groups excluding tert-OH is 1. The number of ether oxygens (including phenoxy) is 1. The summed E-state index contributed by atoms with van der Waals surface area (Å²) >= 11 is 0. The molecule has 0 aliphatic carbocycles. The summed E-state index contributed by atoms with van der Waals surface area (Å²) in [5.74, 6) is -0.935. The molecular weight excluding hydrogens is 235 g/mol. The number of carbonyl (C=O) groups excluding carboxylic acids is 1. The van der Waals surface area contributed by atoms with E-state index in [-0.39, 0.29) is 6.61 Å². The van der Waals surface area contributed by atoms with Crippen molar-refractivity contribution in [1.29, 1.82) is 0 Å². The van der Waals surface area contributed by atoms with Crippen LogP contribution >= 0.6 is 0 Å². The second kappa shape index (κ2) is 5.48. The van der Waals surface area contributed by atoms with Gasteiger partial charge in [0.15, 0.2) is 0 Å². The molecule has 0 spiro atoms. The Labute approximate surface area is 107 Å². The molecule has 3 nitrogen and oxygen atoms in total. The molecule has 0 saturated carbocycles. The van der Waals surface area contributed by atoms with Gasteiger partial charge in [0.1, 0.15) is 5.82 Å². The Morgan fingerprint density at radius 3 is 2.67 bits per heavy atom. The molecule has 4 heteroatoms. The van der Waals surface area contributed by atoms with E-state index in [0.717, 1.165) is 5.56 Å². The predicted octanol–water partition coefficient (Wildman–Crippen LogP) is 2.76. The minimum atomic E-state index is -1.12. The molecule has 1 aromatic carbocycles. The highest BCUT2D eigenvalue weighted by molar-refractivity contribution is 5.77. The van der Waals surface area contributed by atoms with Crippen LogP contribution in [0.2, 0.25) is 0 Å². The Kier molecular flexibility index (Phi) is 4.46. The van der Waals surface area contributed by atoms with Crippen molar-refractivity contribution in [2.75, 3.05) is 6.61 Å². The van der Waals surface area contributed by atoms with E-state index < -0.39 is 23.3 Å². The lowest BCUT2D eigenvalue weighted by Gasteiger charge is -2.29. The van der Waals surface area contributed by atoms with Crippen LogP contribution in [0.1, 0.15) is 38.0 Å². The van der Waals surface area contributed by atoms with Gasteiger partial charge in [-0.2, -0.15) is 0 Å². The molecule has 18 heavy (non-hydrogen) atoms.